The zero-order chi connectivity index (χ0) is 17.1. The Kier molecular flexibility index (Phi) is 4.25. The molecule has 1 heterocycles. The normalized spacial score (nSPS) is 10.5. The molecule has 1 amide bonds. The van der Waals surface area contributed by atoms with E-state index in [9.17, 15) is 14.9 Å². The molecular weight excluding hydrogens is 330 g/mol. The smallest absolute Gasteiger partial charge is 0.271 e. The number of nitrogens with two attached hydrogens (primary N) is 1. The van der Waals surface area contributed by atoms with Gasteiger partial charge in [0.15, 0.2) is 5.69 Å². The summed E-state index contributed by atoms with van der Waals surface area (Å²) in [7, 11) is 0. The number of aromatic nitrogens is 3. The molecule has 0 radical (unpaired) electrons. The maximum absolute atomic E-state index is 11.5. The predicted molar refractivity (Wildman–Crippen MR) is 87.6 cm³/mol. The second-order valence-electron chi connectivity index (χ2n) is 4.74. The molecule has 0 unspecified atom stereocenters. The second-order valence-corrected chi connectivity index (χ2v) is 5.85. The average molecular weight is 341 g/mol. The lowest BCUT2D eigenvalue weighted by Gasteiger charge is -2.08. The molecule has 0 aliphatic heterocycles. The molecule has 0 spiro atoms. The third-order valence-corrected chi connectivity index (χ3v) is 4.27. The van der Waals surface area contributed by atoms with Crippen molar-refractivity contribution in [1.29, 1.82) is 0 Å². The molecule has 0 aliphatic rings. The fraction of sp³-hybridized carbons (Fsp3) is 0. The molecular formula is C15H11N5O3S. The van der Waals surface area contributed by atoms with Crippen LogP contribution in [0.5, 0.6) is 0 Å². The summed E-state index contributed by atoms with van der Waals surface area (Å²) < 4.78 is 0. The van der Waals surface area contributed by atoms with Crippen molar-refractivity contribution in [3.63, 3.8) is 0 Å². The van der Waals surface area contributed by atoms with Crippen molar-refractivity contribution in [2.24, 2.45) is 5.73 Å². The van der Waals surface area contributed by atoms with Crippen LogP contribution in [0, 0.1) is 10.1 Å². The van der Waals surface area contributed by atoms with Crippen LogP contribution in [0.2, 0.25) is 0 Å². The van der Waals surface area contributed by atoms with E-state index in [4.69, 9.17) is 5.73 Å². The van der Waals surface area contributed by atoms with Crippen LogP contribution in [0.3, 0.4) is 0 Å². The van der Waals surface area contributed by atoms with Crippen molar-refractivity contribution in [2.45, 2.75) is 9.79 Å². The Morgan fingerprint density at radius 2 is 1.92 bits per heavy atom. The first kappa shape index (κ1) is 15.7. The van der Waals surface area contributed by atoms with Gasteiger partial charge >= 0.3 is 0 Å². The molecule has 8 nitrogen and oxygen atoms in total. The molecule has 0 bridgehead atoms. The van der Waals surface area contributed by atoms with Crippen LogP contribution in [0.4, 0.5) is 5.69 Å². The minimum Gasteiger partial charge on any atom is -0.364 e. The van der Waals surface area contributed by atoms with E-state index in [0.29, 0.717) is 10.5 Å². The third-order valence-electron chi connectivity index (χ3n) is 3.18. The van der Waals surface area contributed by atoms with Crippen molar-refractivity contribution in [3.05, 3.63) is 64.3 Å². The molecule has 3 N–H and O–H groups in total. The molecule has 24 heavy (non-hydrogen) atoms. The number of carbonyl (C=O) groups excluding carboxylic acids is 1. The van der Waals surface area contributed by atoms with Crippen LogP contribution in [0.15, 0.2) is 58.3 Å². The molecule has 0 saturated heterocycles. The number of aromatic amines is 1. The van der Waals surface area contributed by atoms with E-state index >= 15 is 0 Å². The molecule has 0 aliphatic carbocycles. The van der Waals surface area contributed by atoms with Crippen molar-refractivity contribution in [1.82, 2.24) is 15.4 Å². The molecule has 9 heteroatoms. The maximum atomic E-state index is 11.5. The van der Waals surface area contributed by atoms with Crippen LogP contribution in [-0.2, 0) is 0 Å². The van der Waals surface area contributed by atoms with Gasteiger partial charge in [0, 0.05) is 27.5 Å². The molecule has 1 aromatic heterocycles. The van der Waals surface area contributed by atoms with E-state index in [1.54, 1.807) is 6.07 Å². The predicted octanol–water partition coefficient (Wildman–Crippen LogP) is 2.63. The Balaban J connectivity index is 2.13. The van der Waals surface area contributed by atoms with Gasteiger partial charge in [-0.25, -0.2) is 0 Å². The Morgan fingerprint density at radius 3 is 2.58 bits per heavy atom. The molecule has 3 aromatic rings. The first-order chi connectivity index (χ1) is 11.6. The first-order valence-corrected chi connectivity index (χ1v) is 7.60. The molecule has 0 fully saturated rings. The van der Waals surface area contributed by atoms with Crippen molar-refractivity contribution in [2.75, 3.05) is 0 Å². The van der Waals surface area contributed by atoms with Crippen LogP contribution in [0.25, 0.3) is 11.3 Å². The summed E-state index contributed by atoms with van der Waals surface area (Å²) in [5.41, 5.74) is 5.72. The van der Waals surface area contributed by atoms with Crippen LogP contribution in [-0.4, -0.2) is 26.2 Å². The number of amides is 1. The number of primary amides is 1. The fourth-order valence-electron chi connectivity index (χ4n) is 2.11. The quantitative estimate of drug-likeness (QED) is 0.542. The lowest BCUT2D eigenvalue weighted by molar-refractivity contribution is -0.384. The van der Waals surface area contributed by atoms with Gasteiger partial charge in [-0.1, -0.05) is 30.0 Å². The van der Waals surface area contributed by atoms with Crippen molar-refractivity contribution < 1.29 is 9.72 Å². The summed E-state index contributed by atoms with van der Waals surface area (Å²) in [6.45, 7) is 0. The molecule has 3 rings (SSSR count). The highest BCUT2D eigenvalue weighted by molar-refractivity contribution is 7.99. The molecule has 2 aromatic carbocycles. The van der Waals surface area contributed by atoms with Gasteiger partial charge in [0.05, 0.1) is 4.92 Å². The summed E-state index contributed by atoms with van der Waals surface area (Å²) in [5, 5.41) is 21.1. The standard InChI is InChI=1S/C15H11N5O3S/c16-15(21)14-13(17-19-18-14)11-8-9(20(22)23)6-7-12(11)24-10-4-2-1-3-5-10/h1-8H,(H2,16,21)(H,17,18,19). The zero-order valence-corrected chi connectivity index (χ0v) is 13.0. The van der Waals surface area contributed by atoms with Crippen LogP contribution in [0.1, 0.15) is 10.5 Å². The van der Waals surface area contributed by atoms with Crippen LogP contribution < -0.4 is 5.73 Å². The van der Waals surface area contributed by atoms with Gasteiger partial charge in [-0.2, -0.15) is 15.4 Å². The van der Waals surface area contributed by atoms with Gasteiger partial charge in [-0.05, 0) is 18.2 Å². The monoisotopic (exact) mass is 341 g/mol. The molecule has 0 saturated carbocycles. The summed E-state index contributed by atoms with van der Waals surface area (Å²) in [6.07, 6.45) is 0. The van der Waals surface area contributed by atoms with Gasteiger partial charge in [-0.3, -0.25) is 14.9 Å². The number of nitrogens with zero attached hydrogens (tertiary/aromatic N) is 3. The van der Waals surface area contributed by atoms with Crippen molar-refractivity contribution >= 4 is 23.4 Å². The Labute approximate surface area is 140 Å². The van der Waals surface area contributed by atoms with Gasteiger partial charge in [0.25, 0.3) is 11.6 Å². The van der Waals surface area contributed by atoms with Gasteiger partial charge in [-0.15, -0.1) is 0 Å². The van der Waals surface area contributed by atoms with Gasteiger partial charge in [0.2, 0.25) is 0 Å². The summed E-state index contributed by atoms with van der Waals surface area (Å²) in [4.78, 5) is 23.7. The van der Waals surface area contributed by atoms with E-state index in [1.165, 1.54) is 23.9 Å². The van der Waals surface area contributed by atoms with Crippen molar-refractivity contribution in [3.8, 4) is 11.3 Å². The number of carbonyl (C=O) groups is 1. The third kappa shape index (κ3) is 3.10. The first-order valence-electron chi connectivity index (χ1n) is 6.78. The Bertz CT molecular complexity index is 910. The zero-order valence-electron chi connectivity index (χ0n) is 12.2. The van der Waals surface area contributed by atoms with E-state index in [2.05, 4.69) is 15.4 Å². The number of rotatable bonds is 5. The van der Waals surface area contributed by atoms with Gasteiger partial charge < -0.3 is 5.73 Å². The second kappa shape index (κ2) is 6.50. The van der Waals surface area contributed by atoms with E-state index in [0.717, 1.165) is 4.90 Å². The minimum atomic E-state index is -0.763. The fourth-order valence-corrected chi connectivity index (χ4v) is 3.06. The highest BCUT2D eigenvalue weighted by Crippen LogP contribution is 2.38. The summed E-state index contributed by atoms with van der Waals surface area (Å²) >= 11 is 1.40. The summed E-state index contributed by atoms with van der Waals surface area (Å²) in [5.74, 6) is -0.763. The number of nitrogens with one attached hydrogen (secondary N) is 1. The SMILES string of the molecule is NC(=O)c1n[nH]nc1-c1cc([N+](=O)[O-])ccc1Sc1ccccc1. The van der Waals surface area contributed by atoms with E-state index in [-0.39, 0.29) is 17.1 Å². The number of benzene rings is 2. The molecule has 0 atom stereocenters. The minimum absolute atomic E-state index is 0.0644. The highest BCUT2D eigenvalue weighted by Gasteiger charge is 2.21. The molecule has 120 valence electrons. The lowest BCUT2D eigenvalue weighted by Crippen LogP contribution is -2.13. The topological polar surface area (TPSA) is 128 Å². The van der Waals surface area contributed by atoms with E-state index in [1.807, 2.05) is 30.3 Å². The largest absolute Gasteiger partial charge is 0.364 e. The number of hydrogen-bond donors (Lipinski definition) is 2. The maximum Gasteiger partial charge on any atom is 0.271 e. The lowest BCUT2D eigenvalue weighted by atomic mass is 10.1. The number of nitro benzene ring substituents is 1. The Hall–Kier alpha value is -3.20. The summed E-state index contributed by atoms with van der Waals surface area (Å²) in [6, 6.07) is 13.9. The average Bonchev–Trinajstić information content (AvgIpc) is 3.05. The van der Waals surface area contributed by atoms with Crippen LogP contribution >= 0.6 is 11.8 Å². The number of non-ortho nitro benzene ring substituents is 1. The number of H-pyrrole nitrogens is 1. The van der Waals surface area contributed by atoms with Gasteiger partial charge in [0.1, 0.15) is 5.69 Å². The number of hydrogen-bond acceptors (Lipinski definition) is 6. The highest BCUT2D eigenvalue weighted by atomic mass is 32.2. The number of nitro groups is 1. The van der Waals surface area contributed by atoms with E-state index < -0.39 is 10.8 Å². The Morgan fingerprint density at radius 1 is 1.17 bits per heavy atom.